The van der Waals surface area contributed by atoms with Crippen molar-refractivity contribution in [3.8, 4) is 0 Å². The minimum absolute atomic E-state index is 0.109. The number of hydrogen-bond donors (Lipinski definition) is 2. The van der Waals surface area contributed by atoms with Crippen LogP contribution < -0.4 is 0 Å². The summed E-state index contributed by atoms with van der Waals surface area (Å²) in [5.41, 5.74) is 1.11. The molecule has 1 aromatic rings. The molecular weight excluding hydrogens is 240 g/mol. The molecule has 0 fully saturated rings. The lowest BCUT2D eigenvalue weighted by Crippen LogP contribution is -2.32. The molecule has 2 N–H and O–H groups in total. The Balaban J connectivity index is 2.32. The molecule has 0 saturated carbocycles. The largest absolute Gasteiger partial charge is 0.396 e. The van der Waals surface area contributed by atoms with Crippen molar-refractivity contribution in [3.05, 3.63) is 35.9 Å². The Morgan fingerprint density at radius 2 is 1.68 bits per heavy atom. The Morgan fingerprint density at radius 3 is 2.26 bits per heavy atom. The third-order valence-corrected chi connectivity index (χ3v) is 4.02. The van der Waals surface area contributed by atoms with Crippen LogP contribution >= 0.6 is 0 Å². The fraction of sp³-hybridized carbons (Fsp3) is 0.625. The van der Waals surface area contributed by atoms with Crippen LogP contribution in [0.4, 0.5) is 0 Å². The van der Waals surface area contributed by atoms with E-state index in [9.17, 15) is 5.11 Å². The molecule has 3 heteroatoms. The molecular formula is C16H26O3. The predicted octanol–water partition coefficient (Wildman–Crippen LogP) is 2.46. The van der Waals surface area contributed by atoms with Gasteiger partial charge in [-0.3, -0.25) is 0 Å². The molecule has 4 unspecified atom stereocenters. The van der Waals surface area contributed by atoms with Gasteiger partial charge in [-0.2, -0.15) is 0 Å². The zero-order valence-electron chi connectivity index (χ0n) is 12.1. The molecule has 4 atom stereocenters. The Bertz CT molecular complexity index is 339. The van der Waals surface area contributed by atoms with Crippen molar-refractivity contribution in [2.45, 2.75) is 33.5 Å². The summed E-state index contributed by atoms with van der Waals surface area (Å²) in [5, 5.41) is 19.3. The van der Waals surface area contributed by atoms with Crippen molar-refractivity contribution in [2.75, 3.05) is 13.2 Å². The molecule has 108 valence electrons. The molecule has 0 saturated heterocycles. The van der Waals surface area contributed by atoms with Crippen LogP contribution in [0, 0.1) is 17.8 Å². The fourth-order valence-electron chi connectivity index (χ4n) is 2.06. The molecule has 3 nitrogen and oxygen atoms in total. The average molecular weight is 266 g/mol. The summed E-state index contributed by atoms with van der Waals surface area (Å²) in [6, 6.07) is 9.93. The van der Waals surface area contributed by atoms with Crippen LogP contribution in [0.5, 0.6) is 0 Å². The van der Waals surface area contributed by atoms with Crippen LogP contribution in [0.1, 0.15) is 26.3 Å². The summed E-state index contributed by atoms with van der Waals surface area (Å²) < 4.78 is 5.55. The third kappa shape index (κ3) is 5.31. The second kappa shape index (κ2) is 8.31. The first-order valence-electron chi connectivity index (χ1n) is 6.96. The van der Waals surface area contributed by atoms with Crippen molar-refractivity contribution in [3.63, 3.8) is 0 Å². The standard InChI is InChI=1S/C16H26O3/c1-12(9-17)13(2)14(3)16(18)11-19-10-15-7-5-4-6-8-15/h4-8,12-14,16-18H,9-11H2,1-3H3. The summed E-state index contributed by atoms with van der Waals surface area (Å²) in [6.07, 6.45) is -0.493. The van der Waals surface area contributed by atoms with E-state index in [2.05, 4.69) is 6.92 Å². The van der Waals surface area contributed by atoms with E-state index in [-0.39, 0.29) is 24.4 Å². The zero-order chi connectivity index (χ0) is 14.3. The number of aliphatic hydroxyl groups is 2. The summed E-state index contributed by atoms with van der Waals surface area (Å²) in [5.74, 6) is 0.567. The topological polar surface area (TPSA) is 49.7 Å². The van der Waals surface area contributed by atoms with Crippen LogP contribution in [0.3, 0.4) is 0 Å². The van der Waals surface area contributed by atoms with Crippen LogP contribution in [0.25, 0.3) is 0 Å². The van der Waals surface area contributed by atoms with Crippen molar-refractivity contribution >= 4 is 0 Å². The van der Waals surface area contributed by atoms with E-state index in [1.54, 1.807) is 0 Å². The fourth-order valence-corrected chi connectivity index (χ4v) is 2.06. The maximum Gasteiger partial charge on any atom is 0.0801 e. The molecule has 0 aliphatic heterocycles. The molecule has 0 aromatic heterocycles. The normalized spacial score (nSPS) is 17.7. The van der Waals surface area contributed by atoms with Gasteiger partial charge in [0, 0.05) is 6.61 Å². The van der Waals surface area contributed by atoms with Crippen LogP contribution in [-0.2, 0) is 11.3 Å². The van der Waals surface area contributed by atoms with Gasteiger partial charge in [-0.05, 0) is 23.3 Å². The lowest BCUT2D eigenvalue weighted by Gasteiger charge is -2.28. The minimum Gasteiger partial charge on any atom is -0.396 e. The SMILES string of the molecule is CC(CO)C(C)C(C)C(O)COCc1ccccc1. The van der Waals surface area contributed by atoms with Crippen molar-refractivity contribution in [2.24, 2.45) is 17.8 Å². The number of aliphatic hydroxyl groups excluding tert-OH is 2. The highest BCUT2D eigenvalue weighted by atomic mass is 16.5. The Labute approximate surface area is 116 Å². The van der Waals surface area contributed by atoms with Crippen molar-refractivity contribution < 1.29 is 14.9 Å². The van der Waals surface area contributed by atoms with Gasteiger partial charge in [0.05, 0.1) is 19.3 Å². The first-order valence-corrected chi connectivity index (χ1v) is 6.96. The second-order valence-electron chi connectivity index (χ2n) is 5.45. The smallest absolute Gasteiger partial charge is 0.0801 e. The maximum absolute atomic E-state index is 10.1. The van der Waals surface area contributed by atoms with Gasteiger partial charge in [0.15, 0.2) is 0 Å². The number of hydrogen-bond acceptors (Lipinski definition) is 3. The van der Waals surface area contributed by atoms with Gasteiger partial charge in [-0.15, -0.1) is 0 Å². The van der Waals surface area contributed by atoms with E-state index < -0.39 is 6.10 Å². The highest BCUT2D eigenvalue weighted by molar-refractivity contribution is 5.13. The molecule has 0 bridgehead atoms. The highest BCUT2D eigenvalue weighted by Gasteiger charge is 2.24. The molecule has 1 aromatic carbocycles. The molecule has 0 spiro atoms. The van der Waals surface area contributed by atoms with Gasteiger partial charge >= 0.3 is 0 Å². The average Bonchev–Trinajstić information content (AvgIpc) is 2.45. The number of benzene rings is 1. The van der Waals surface area contributed by atoms with Gasteiger partial charge in [0.2, 0.25) is 0 Å². The van der Waals surface area contributed by atoms with Gasteiger partial charge in [0.1, 0.15) is 0 Å². The quantitative estimate of drug-likeness (QED) is 0.760. The minimum atomic E-state index is -0.493. The molecule has 0 heterocycles. The Hall–Kier alpha value is -0.900. The van der Waals surface area contributed by atoms with Gasteiger partial charge in [0.25, 0.3) is 0 Å². The van der Waals surface area contributed by atoms with E-state index in [0.717, 1.165) is 5.56 Å². The van der Waals surface area contributed by atoms with E-state index in [1.165, 1.54) is 0 Å². The van der Waals surface area contributed by atoms with Crippen molar-refractivity contribution in [1.82, 2.24) is 0 Å². The van der Waals surface area contributed by atoms with E-state index in [4.69, 9.17) is 9.84 Å². The number of ether oxygens (including phenoxy) is 1. The highest BCUT2D eigenvalue weighted by Crippen LogP contribution is 2.23. The zero-order valence-corrected chi connectivity index (χ0v) is 12.1. The van der Waals surface area contributed by atoms with Gasteiger partial charge in [-0.25, -0.2) is 0 Å². The predicted molar refractivity (Wildman–Crippen MR) is 76.7 cm³/mol. The summed E-state index contributed by atoms with van der Waals surface area (Å²) >= 11 is 0. The van der Waals surface area contributed by atoms with Crippen LogP contribution in [-0.4, -0.2) is 29.5 Å². The van der Waals surface area contributed by atoms with Gasteiger partial charge < -0.3 is 14.9 Å². The maximum atomic E-state index is 10.1. The molecule has 0 aliphatic rings. The van der Waals surface area contributed by atoms with E-state index >= 15 is 0 Å². The number of rotatable bonds is 8. The first-order chi connectivity index (χ1) is 9.06. The Kier molecular flexibility index (Phi) is 7.06. The summed E-state index contributed by atoms with van der Waals surface area (Å²) in [6.45, 7) is 7.08. The second-order valence-corrected chi connectivity index (χ2v) is 5.45. The molecule has 0 aliphatic carbocycles. The molecule has 0 amide bonds. The molecule has 19 heavy (non-hydrogen) atoms. The summed E-state index contributed by atoms with van der Waals surface area (Å²) in [7, 11) is 0. The lowest BCUT2D eigenvalue weighted by atomic mass is 9.82. The van der Waals surface area contributed by atoms with Crippen LogP contribution in [0.15, 0.2) is 30.3 Å². The van der Waals surface area contributed by atoms with Gasteiger partial charge in [-0.1, -0.05) is 51.1 Å². The monoisotopic (exact) mass is 266 g/mol. The van der Waals surface area contributed by atoms with E-state index in [1.807, 2.05) is 44.2 Å². The Morgan fingerprint density at radius 1 is 1.05 bits per heavy atom. The molecule has 0 radical (unpaired) electrons. The van der Waals surface area contributed by atoms with Crippen LogP contribution in [0.2, 0.25) is 0 Å². The van der Waals surface area contributed by atoms with Crippen molar-refractivity contribution in [1.29, 1.82) is 0 Å². The lowest BCUT2D eigenvalue weighted by molar-refractivity contribution is -0.0201. The first kappa shape index (κ1) is 16.2. The summed E-state index contributed by atoms with van der Waals surface area (Å²) in [4.78, 5) is 0. The molecule has 1 rings (SSSR count). The third-order valence-electron chi connectivity index (χ3n) is 4.02. The van der Waals surface area contributed by atoms with E-state index in [0.29, 0.717) is 13.2 Å².